The van der Waals surface area contributed by atoms with Crippen LogP contribution in [0.5, 0.6) is 0 Å². The van der Waals surface area contributed by atoms with E-state index in [1.165, 1.54) is 11.1 Å². The van der Waals surface area contributed by atoms with Crippen LogP contribution in [0.2, 0.25) is 0 Å². The van der Waals surface area contributed by atoms with E-state index in [0.717, 1.165) is 19.3 Å². The van der Waals surface area contributed by atoms with Crippen LogP contribution < -0.4 is 0 Å². The van der Waals surface area contributed by atoms with Crippen LogP contribution in [-0.2, 0) is 10.8 Å². The van der Waals surface area contributed by atoms with Crippen molar-refractivity contribution < 1.29 is 4.43 Å². The van der Waals surface area contributed by atoms with Crippen LogP contribution in [0, 0.1) is 0 Å². The van der Waals surface area contributed by atoms with E-state index >= 15 is 0 Å². The Hall–Kier alpha value is -0.603. The highest BCUT2D eigenvalue weighted by atomic mass is 28.2. The van der Waals surface area contributed by atoms with Gasteiger partial charge in [-0.15, -0.1) is 0 Å². The summed E-state index contributed by atoms with van der Waals surface area (Å²) in [4.78, 5) is 0. The maximum absolute atomic E-state index is 5.32. The van der Waals surface area contributed by atoms with E-state index in [4.69, 9.17) is 4.43 Å². The molecular formula is C12H17OSi. The Morgan fingerprint density at radius 2 is 2.00 bits per heavy atom. The van der Waals surface area contributed by atoms with Gasteiger partial charge >= 0.3 is 0 Å². The van der Waals surface area contributed by atoms with Gasteiger partial charge in [-0.25, -0.2) is 0 Å². The van der Waals surface area contributed by atoms with E-state index in [-0.39, 0.29) is 6.10 Å². The van der Waals surface area contributed by atoms with Gasteiger partial charge in [-0.3, -0.25) is 0 Å². The molecule has 1 aromatic carbocycles. The van der Waals surface area contributed by atoms with E-state index in [0.29, 0.717) is 0 Å². The standard InChI is InChI=1S/C12H17OSi/c1-3-7-12(13-14)11-9-6-5-8-10(11)4-2/h5-6,8-9,12H,3-4,7H2,1-2H3. The highest BCUT2D eigenvalue weighted by Crippen LogP contribution is 2.25. The third-order valence-electron chi connectivity index (χ3n) is 2.48. The van der Waals surface area contributed by atoms with Crippen molar-refractivity contribution in [3.8, 4) is 0 Å². The predicted molar refractivity (Wildman–Crippen MR) is 60.3 cm³/mol. The largest absolute Gasteiger partial charge is 0.412 e. The van der Waals surface area contributed by atoms with Crippen molar-refractivity contribution in [3.63, 3.8) is 0 Å². The average Bonchev–Trinajstić information content (AvgIpc) is 2.26. The first-order valence-corrected chi connectivity index (χ1v) is 5.64. The average molecular weight is 205 g/mol. The fourth-order valence-corrected chi connectivity index (χ4v) is 1.96. The molecule has 1 rings (SSSR count). The maximum Gasteiger partial charge on any atom is 0.247 e. The smallest absolute Gasteiger partial charge is 0.247 e. The van der Waals surface area contributed by atoms with Gasteiger partial charge in [0.15, 0.2) is 0 Å². The molecule has 2 heteroatoms. The molecule has 0 amide bonds. The zero-order valence-corrected chi connectivity index (χ0v) is 9.92. The molecule has 0 spiro atoms. The lowest BCUT2D eigenvalue weighted by Gasteiger charge is -2.18. The van der Waals surface area contributed by atoms with Crippen molar-refractivity contribution in [3.05, 3.63) is 35.4 Å². The number of hydrogen-bond donors (Lipinski definition) is 0. The Bertz CT molecular complexity index is 273. The Labute approximate surface area is 90.0 Å². The van der Waals surface area contributed by atoms with Gasteiger partial charge in [-0.1, -0.05) is 44.5 Å². The van der Waals surface area contributed by atoms with Crippen LogP contribution in [0.3, 0.4) is 0 Å². The quantitative estimate of drug-likeness (QED) is 0.671. The lowest BCUT2D eigenvalue weighted by molar-refractivity contribution is 0.212. The van der Waals surface area contributed by atoms with Gasteiger partial charge in [0.25, 0.3) is 0 Å². The number of aryl methyl sites for hydroxylation is 1. The Morgan fingerprint density at radius 3 is 2.57 bits per heavy atom. The second kappa shape index (κ2) is 5.99. The molecule has 1 nitrogen and oxygen atoms in total. The van der Waals surface area contributed by atoms with Crippen molar-refractivity contribution in [1.82, 2.24) is 0 Å². The molecule has 0 saturated carbocycles. The zero-order valence-electron chi connectivity index (χ0n) is 8.92. The van der Waals surface area contributed by atoms with Crippen LogP contribution in [0.1, 0.15) is 43.9 Å². The summed E-state index contributed by atoms with van der Waals surface area (Å²) >= 11 is 0. The minimum atomic E-state index is 0.188. The number of hydrogen-bond acceptors (Lipinski definition) is 1. The van der Waals surface area contributed by atoms with Crippen molar-refractivity contribution in [2.24, 2.45) is 0 Å². The first kappa shape index (κ1) is 11.5. The molecule has 0 bridgehead atoms. The van der Waals surface area contributed by atoms with E-state index in [9.17, 15) is 0 Å². The molecule has 75 valence electrons. The van der Waals surface area contributed by atoms with Crippen LogP contribution in [0.15, 0.2) is 24.3 Å². The van der Waals surface area contributed by atoms with Crippen molar-refractivity contribution >= 4 is 10.5 Å². The molecule has 3 radical (unpaired) electrons. The van der Waals surface area contributed by atoms with Gasteiger partial charge in [0.1, 0.15) is 0 Å². The monoisotopic (exact) mass is 205 g/mol. The van der Waals surface area contributed by atoms with Gasteiger partial charge in [0.05, 0.1) is 6.10 Å². The highest BCUT2D eigenvalue weighted by molar-refractivity contribution is 5.98. The summed E-state index contributed by atoms with van der Waals surface area (Å²) in [6, 6.07) is 8.48. The molecule has 14 heavy (non-hydrogen) atoms. The maximum atomic E-state index is 5.32. The zero-order chi connectivity index (χ0) is 10.4. The second-order valence-corrected chi connectivity index (χ2v) is 3.68. The molecule has 1 unspecified atom stereocenters. The summed E-state index contributed by atoms with van der Waals surface area (Å²) in [6.45, 7) is 4.35. The first-order valence-electron chi connectivity index (χ1n) is 5.23. The highest BCUT2D eigenvalue weighted by Gasteiger charge is 2.11. The van der Waals surface area contributed by atoms with Crippen LogP contribution >= 0.6 is 0 Å². The fourth-order valence-electron chi connectivity index (χ4n) is 1.71. The Kier molecular flexibility index (Phi) is 4.91. The predicted octanol–water partition coefficient (Wildman–Crippen LogP) is 3.19. The van der Waals surface area contributed by atoms with Gasteiger partial charge in [-0.2, -0.15) is 0 Å². The third kappa shape index (κ3) is 2.69. The van der Waals surface area contributed by atoms with E-state index in [1.54, 1.807) is 0 Å². The van der Waals surface area contributed by atoms with Crippen molar-refractivity contribution in [1.29, 1.82) is 0 Å². The number of benzene rings is 1. The van der Waals surface area contributed by atoms with E-state index < -0.39 is 0 Å². The molecule has 0 aliphatic heterocycles. The Balaban J connectivity index is 2.90. The summed E-state index contributed by atoms with van der Waals surface area (Å²) < 4.78 is 5.32. The fraction of sp³-hybridized carbons (Fsp3) is 0.500. The minimum absolute atomic E-state index is 0.188. The minimum Gasteiger partial charge on any atom is -0.412 e. The summed E-state index contributed by atoms with van der Waals surface area (Å²) in [6.07, 6.45) is 3.44. The summed E-state index contributed by atoms with van der Waals surface area (Å²) in [7, 11) is 3.17. The first-order chi connectivity index (χ1) is 6.83. The molecule has 0 N–H and O–H groups in total. The summed E-state index contributed by atoms with van der Waals surface area (Å²) in [5.74, 6) is 0. The van der Waals surface area contributed by atoms with Crippen LogP contribution in [-0.4, -0.2) is 10.5 Å². The van der Waals surface area contributed by atoms with E-state index in [1.807, 2.05) is 0 Å². The van der Waals surface area contributed by atoms with Gasteiger partial charge in [-0.05, 0) is 24.0 Å². The molecular weight excluding hydrogens is 188 g/mol. The lowest BCUT2D eigenvalue weighted by Crippen LogP contribution is -2.05. The molecule has 0 aliphatic rings. The Morgan fingerprint density at radius 1 is 1.29 bits per heavy atom. The molecule has 1 atom stereocenters. The van der Waals surface area contributed by atoms with Crippen LogP contribution in [0.25, 0.3) is 0 Å². The van der Waals surface area contributed by atoms with Crippen molar-refractivity contribution in [2.45, 2.75) is 39.2 Å². The van der Waals surface area contributed by atoms with Gasteiger partial charge < -0.3 is 4.43 Å². The van der Waals surface area contributed by atoms with Crippen LogP contribution in [0.4, 0.5) is 0 Å². The van der Waals surface area contributed by atoms with E-state index in [2.05, 4.69) is 48.6 Å². The SMILES string of the molecule is CCCC(O[Si])c1ccccc1CC. The normalized spacial score (nSPS) is 12.8. The molecule has 0 heterocycles. The van der Waals surface area contributed by atoms with Gasteiger partial charge in [0.2, 0.25) is 10.5 Å². The molecule has 1 aromatic rings. The molecule has 0 fully saturated rings. The summed E-state index contributed by atoms with van der Waals surface area (Å²) in [5.41, 5.74) is 2.69. The lowest BCUT2D eigenvalue weighted by atomic mass is 9.98. The summed E-state index contributed by atoms with van der Waals surface area (Å²) in [5, 5.41) is 0. The number of rotatable bonds is 5. The van der Waals surface area contributed by atoms with Gasteiger partial charge in [0, 0.05) is 0 Å². The molecule has 0 aromatic heterocycles. The molecule has 0 saturated heterocycles. The van der Waals surface area contributed by atoms with Crippen molar-refractivity contribution in [2.75, 3.05) is 0 Å². The topological polar surface area (TPSA) is 9.23 Å². The molecule has 0 aliphatic carbocycles. The third-order valence-corrected chi connectivity index (χ3v) is 2.76. The second-order valence-electron chi connectivity index (χ2n) is 3.45.